The molecule has 5 atom stereocenters. The topological polar surface area (TPSA) is 99.4 Å². The molecule has 4 N–H and O–H groups in total. The van der Waals surface area contributed by atoms with Crippen molar-refractivity contribution in [2.75, 3.05) is 13.2 Å². The lowest BCUT2D eigenvalue weighted by atomic mass is 9.99. The van der Waals surface area contributed by atoms with Gasteiger partial charge >= 0.3 is 0 Å². The average molecular weight is 559 g/mol. The highest BCUT2D eigenvalue weighted by Gasteiger charge is 2.43. The average Bonchev–Trinajstić information content (AvgIpc) is 2.94. The molecule has 1 rings (SSSR count). The zero-order valence-corrected chi connectivity index (χ0v) is 25.6. The van der Waals surface area contributed by atoms with Crippen molar-refractivity contribution in [1.82, 2.24) is 0 Å². The van der Waals surface area contributed by atoms with Crippen LogP contribution in [0.1, 0.15) is 167 Å². The van der Waals surface area contributed by atoms with Crippen LogP contribution >= 0.6 is 0 Å². The Bertz CT molecular complexity index is 503. The smallest absolute Gasteiger partial charge is 0.186 e. The number of aliphatic hydroxyl groups excluding tert-OH is 4. The van der Waals surface area contributed by atoms with Crippen molar-refractivity contribution in [3.05, 3.63) is 0 Å². The van der Waals surface area contributed by atoms with Crippen LogP contribution in [0.2, 0.25) is 0 Å². The van der Waals surface area contributed by atoms with E-state index < -0.39 is 37.3 Å². The highest BCUT2D eigenvalue weighted by atomic mass is 16.7. The first kappa shape index (κ1) is 36.8. The molecular weight excluding hydrogens is 492 g/mol. The van der Waals surface area contributed by atoms with E-state index in [1.54, 1.807) is 0 Å². The predicted octanol–water partition coefficient (Wildman–Crippen LogP) is 7.58. The summed E-state index contributed by atoms with van der Waals surface area (Å²) in [4.78, 5) is 0. The monoisotopic (exact) mass is 558 g/mol. The maximum absolute atomic E-state index is 9.97. The minimum atomic E-state index is -1.37. The summed E-state index contributed by atoms with van der Waals surface area (Å²) in [5, 5.41) is 38.8. The minimum Gasteiger partial charge on any atom is -0.394 e. The molecule has 0 radical (unpaired) electrons. The van der Waals surface area contributed by atoms with Crippen LogP contribution in [0, 0.1) is 0 Å². The van der Waals surface area contributed by atoms with Crippen molar-refractivity contribution in [3.8, 4) is 0 Å². The molecule has 0 aliphatic carbocycles. The molecule has 1 aliphatic heterocycles. The summed E-state index contributed by atoms with van der Waals surface area (Å²) >= 11 is 0. The van der Waals surface area contributed by atoms with Gasteiger partial charge in [-0.1, -0.05) is 161 Å². The molecule has 1 aliphatic rings. The Balaban J connectivity index is 1.74. The summed E-state index contributed by atoms with van der Waals surface area (Å²) in [5.74, 6) is 0. The van der Waals surface area contributed by atoms with Crippen LogP contribution in [-0.2, 0) is 9.47 Å². The third-order valence-electron chi connectivity index (χ3n) is 8.38. The number of ether oxygens (including phenoxy) is 2. The first-order valence-corrected chi connectivity index (χ1v) is 17.0. The van der Waals surface area contributed by atoms with E-state index in [0.717, 1.165) is 12.8 Å². The van der Waals surface area contributed by atoms with Gasteiger partial charge in [-0.3, -0.25) is 0 Å². The van der Waals surface area contributed by atoms with Gasteiger partial charge in [-0.15, -0.1) is 0 Å². The fraction of sp³-hybridized carbons (Fsp3) is 1.00. The standard InChI is InChI=1S/C33H66O6/c1-2-3-4-5-6-7-8-9-10-11-12-13-14-15-16-17-18-19-20-21-22-23-24-25-26-27-38-33-32(37)31(36)30(35)29(28-34)39-33/h29-37H,2-28H2,1H3/t29-,30-,31+,32-,33-/m1/s1. The molecule has 39 heavy (non-hydrogen) atoms. The molecule has 1 heterocycles. The quantitative estimate of drug-likeness (QED) is 0.0739. The number of hydrogen-bond acceptors (Lipinski definition) is 6. The van der Waals surface area contributed by atoms with Gasteiger partial charge in [0.1, 0.15) is 24.4 Å². The van der Waals surface area contributed by atoms with Crippen molar-refractivity contribution in [2.45, 2.75) is 198 Å². The van der Waals surface area contributed by atoms with Crippen molar-refractivity contribution in [3.63, 3.8) is 0 Å². The van der Waals surface area contributed by atoms with E-state index in [-0.39, 0.29) is 0 Å². The van der Waals surface area contributed by atoms with Crippen LogP contribution in [-0.4, -0.2) is 64.3 Å². The first-order chi connectivity index (χ1) is 19.1. The lowest BCUT2D eigenvalue weighted by molar-refractivity contribution is -0.301. The Kier molecular flexibility index (Phi) is 25.1. The second-order valence-electron chi connectivity index (χ2n) is 12.1. The van der Waals surface area contributed by atoms with Crippen molar-refractivity contribution in [2.24, 2.45) is 0 Å². The van der Waals surface area contributed by atoms with Crippen LogP contribution in [0.25, 0.3) is 0 Å². The van der Waals surface area contributed by atoms with Gasteiger partial charge in [0.15, 0.2) is 6.29 Å². The minimum absolute atomic E-state index is 0.426. The maximum Gasteiger partial charge on any atom is 0.186 e. The Morgan fingerprint density at radius 1 is 0.462 bits per heavy atom. The van der Waals surface area contributed by atoms with Gasteiger partial charge in [0.2, 0.25) is 0 Å². The summed E-state index contributed by atoms with van der Waals surface area (Å²) in [7, 11) is 0. The van der Waals surface area contributed by atoms with E-state index in [4.69, 9.17) is 9.47 Å². The molecule has 1 saturated heterocycles. The van der Waals surface area contributed by atoms with Crippen LogP contribution in [0.3, 0.4) is 0 Å². The number of rotatable bonds is 28. The van der Waals surface area contributed by atoms with E-state index in [0.29, 0.717) is 6.61 Å². The molecule has 0 unspecified atom stereocenters. The van der Waals surface area contributed by atoms with Gasteiger partial charge in [-0.05, 0) is 6.42 Å². The number of unbranched alkanes of at least 4 members (excludes halogenated alkanes) is 24. The Hall–Kier alpha value is -0.240. The van der Waals surface area contributed by atoms with Gasteiger partial charge in [-0.25, -0.2) is 0 Å². The number of hydrogen-bond donors (Lipinski definition) is 4. The van der Waals surface area contributed by atoms with Gasteiger partial charge in [0, 0.05) is 6.61 Å². The zero-order valence-electron chi connectivity index (χ0n) is 25.6. The van der Waals surface area contributed by atoms with E-state index in [1.807, 2.05) is 0 Å². The summed E-state index contributed by atoms with van der Waals surface area (Å²) in [6.45, 7) is 2.30. The molecule has 0 amide bonds. The molecule has 0 aromatic rings. The van der Waals surface area contributed by atoms with Crippen molar-refractivity contribution < 1.29 is 29.9 Å². The molecule has 0 aromatic heterocycles. The van der Waals surface area contributed by atoms with Crippen LogP contribution < -0.4 is 0 Å². The fourth-order valence-corrected chi connectivity index (χ4v) is 5.65. The van der Waals surface area contributed by atoms with E-state index in [1.165, 1.54) is 148 Å². The summed E-state index contributed by atoms with van der Waals surface area (Å²) in [6, 6.07) is 0. The Morgan fingerprint density at radius 3 is 1.13 bits per heavy atom. The summed E-state index contributed by atoms with van der Waals surface area (Å²) < 4.78 is 10.9. The molecule has 6 nitrogen and oxygen atoms in total. The molecule has 1 fully saturated rings. The largest absolute Gasteiger partial charge is 0.394 e. The van der Waals surface area contributed by atoms with Crippen LogP contribution in [0.5, 0.6) is 0 Å². The van der Waals surface area contributed by atoms with Crippen molar-refractivity contribution in [1.29, 1.82) is 0 Å². The lowest BCUT2D eigenvalue weighted by Gasteiger charge is -2.39. The third-order valence-corrected chi connectivity index (χ3v) is 8.38. The van der Waals surface area contributed by atoms with Gasteiger partial charge in [0.05, 0.1) is 6.61 Å². The van der Waals surface area contributed by atoms with Gasteiger partial charge < -0.3 is 29.9 Å². The fourth-order valence-electron chi connectivity index (χ4n) is 5.65. The zero-order chi connectivity index (χ0) is 28.4. The first-order valence-electron chi connectivity index (χ1n) is 17.0. The third kappa shape index (κ3) is 19.5. The van der Waals surface area contributed by atoms with Gasteiger partial charge in [-0.2, -0.15) is 0 Å². The van der Waals surface area contributed by atoms with Crippen LogP contribution in [0.15, 0.2) is 0 Å². The normalized spacial score (nSPS) is 23.5. The van der Waals surface area contributed by atoms with Crippen molar-refractivity contribution >= 4 is 0 Å². The number of aliphatic hydroxyl groups is 4. The Morgan fingerprint density at radius 2 is 0.795 bits per heavy atom. The van der Waals surface area contributed by atoms with E-state index in [9.17, 15) is 20.4 Å². The van der Waals surface area contributed by atoms with E-state index in [2.05, 4.69) is 6.92 Å². The maximum atomic E-state index is 9.97. The molecule has 0 saturated carbocycles. The molecule has 234 valence electrons. The predicted molar refractivity (Wildman–Crippen MR) is 161 cm³/mol. The lowest BCUT2D eigenvalue weighted by Crippen LogP contribution is -2.59. The highest BCUT2D eigenvalue weighted by Crippen LogP contribution is 2.22. The van der Waals surface area contributed by atoms with Gasteiger partial charge in [0.25, 0.3) is 0 Å². The summed E-state index contributed by atoms with van der Waals surface area (Å²) in [6.07, 6.45) is 28.2. The molecular formula is C33H66O6. The summed E-state index contributed by atoms with van der Waals surface area (Å²) in [5.41, 5.74) is 0. The Labute approximate surface area is 241 Å². The molecule has 0 spiro atoms. The molecule has 6 heteroatoms. The molecule has 0 aromatic carbocycles. The van der Waals surface area contributed by atoms with Crippen LogP contribution in [0.4, 0.5) is 0 Å². The highest BCUT2D eigenvalue weighted by molar-refractivity contribution is 4.88. The van der Waals surface area contributed by atoms with E-state index >= 15 is 0 Å². The second kappa shape index (κ2) is 26.6. The second-order valence-corrected chi connectivity index (χ2v) is 12.1. The SMILES string of the molecule is CCCCCCCCCCCCCCCCCCCCCCCCCCCO[C@@H]1O[C@H](CO)[C@@H](O)[C@H](O)[C@H]1O. The molecule has 0 bridgehead atoms.